The number of nitrogens with zero attached hydrogens (tertiary/aromatic N) is 1. The molecule has 1 aliphatic carbocycles. The van der Waals surface area contributed by atoms with Gasteiger partial charge in [0.25, 0.3) is 0 Å². The summed E-state index contributed by atoms with van der Waals surface area (Å²) in [7, 11) is -3.61. The summed E-state index contributed by atoms with van der Waals surface area (Å²) in [5, 5.41) is -0.883. The summed E-state index contributed by atoms with van der Waals surface area (Å²) in [5.41, 5.74) is 8.08. The van der Waals surface area contributed by atoms with Crippen LogP contribution in [0.5, 0.6) is 0 Å². The maximum atomic E-state index is 13.2. The van der Waals surface area contributed by atoms with Crippen LogP contribution >= 0.6 is 0 Å². The number of hydrogen-bond acceptors (Lipinski definition) is 3. The molecule has 0 aliphatic heterocycles. The number of sulfone groups is 1. The van der Waals surface area contributed by atoms with Crippen molar-refractivity contribution in [2.24, 2.45) is 10.7 Å². The number of nitrogens with two attached hydrogens (primary N) is 1. The topological polar surface area (TPSA) is 72.5 Å². The normalized spacial score (nSPS) is 19.5. The van der Waals surface area contributed by atoms with Gasteiger partial charge in [0.15, 0.2) is 5.37 Å². The van der Waals surface area contributed by atoms with Gasteiger partial charge in [0.2, 0.25) is 9.84 Å². The van der Waals surface area contributed by atoms with Crippen molar-refractivity contribution >= 4 is 15.7 Å². The zero-order valence-corrected chi connectivity index (χ0v) is 14.5. The van der Waals surface area contributed by atoms with Crippen LogP contribution in [0.4, 0.5) is 0 Å². The van der Waals surface area contributed by atoms with Crippen molar-refractivity contribution in [3.63, 3.8) is 0 Å². The van der Waals surface area contributed by atoms with Gasteiger partial charge in [0.05, 0.1) is 10.7 Å². The fourth-order valence-electron chi connectivity index (χ4n) is 3.41. The molecule has 0 saturated heterocycles. The minimum absolute atomic E-state index is 0.168. The predicted molar refractivity (Wildman–Crippen MR) is 96.8 cm³/mol. The molecule has 2 aromatic rings. The van der Waals surface area contributed by atoms with Crippen molar-refractivity contribution in [1.82, 2.24) is 0 Å². The first-order valence-corrected chi connectivity index (χ1v) is 9.71. The third kappa shape index (κ3) is 3.22. The van der Waals surface area contributed by atoms with Crippen LogP contribution in [-0.2, 0) is 16.3 Å². The first-order chi connectivity index (χ1) is 11.5. The summed E-state index contributed by atoms with van der Waals surface area (Å²) in [5.74, 6) is 0.126. The van der Waals surface area contributed by atoms with Gasteiger partial charge in [-0.3, -0.25) is 4.99 Å². The molecule has 2 unspecified atom stereocenters. The Morgan fingerprint density at radius 1 is 1.12 bits per heavy atom. The van der Waals surface area contributed by atoms with E-state index in [9.17, 15) is 8.42 Å². The average molecular weight is 342 g/mol. The third-order valence-corrected chi connectivity index (χ3v) is 6.48. The molecule has 0 heterocycles. The van der Waals surface area contributed by atoms with Gasteiger partial charge in [-0.25, -0.2) is 8.42 Å². The van der Waals surface area contributed by atoms with Crippen LogP contribution in [0, 0.1) is 0 Å². The second kappa shape index (κ2) is 6.77. The zero-order chi connectivity index (χ0) is 17.2. The Labute approximate surface area is 143 Å². The lowest BCUT2D eigenvalue weighted by molar-refractivity contribution is 0.506. The molecule has 0 aromatic heterocycles. The van der Waals surface area contributed by atoms with Gasteiger partial charge in [-0.05, 0) is 49.4 Å². The summed E-state index contributed by atoms with van der Waals surface area (Å²) >= 11 is 0. The van der Waals surface area contributed by atoms with Gasteiger partial charge in [0, 0.05) is 5.92 Å². The van der Waals surface area contributed by atoms with Gasteiger partial charge < -0.3 is 5.73 Å². The van der Waals surface area contributed by atoms with Crippen LogP contribution < -0.4 is 5.73 Å². The minimum Gasteiger partial charge on any atom is -0.388 e. The highest BCUT2D eigenvalue weighted by Crippen LogP contribution is 2.38. The molecular weight excluding hydrogens is 320 g/mol. The van der Waals surface area contributed by atoms with Crippen molar-refractivity contribution in [2.45, 2.75) is 42.4 Å². The molecule has 4 nitrogen and oxygen atoms in total. The van der Waals surface area contributed by atoms with E-state index in [-0.39, 0.29) is 5.92 Å². The van der Waals surface area contributed by atoms with Crippen LogP contribution in [0.1, 0.15) is 36.8 Å². The molecule has 2 N–H and O–H groups in total. The highest BCUT2D eigenvalue weighted by atomic mass is 32.2. The largest absolute Gasteiger partial charge is 0.388 e. The molecular formula is C19H22N2O2S. The lowest BCUT2D eigenvalue weighted by Crippen LogP contribution is -2.31. The fraction of sp³-hybridized carbons (Fsp3) is 0.316. The lowest BCUT2D eigenvalue weighted by atomic mass is 9.83. The first-order valence-electron chi connectivity index (χ1n) is 8.17. The number of hydrogen-bond donors (Lipinski definition) is 1. The molecule has 5 heteroatoms. The Morgan fingerprint density at radius 2 is 1.79 bits per heavy atom. The molecule has 0 radical (unpaired) electrons. The summed E-state index contributed by atoms with van der Waals surface area (Å²) in [4.78, 5) is 4.65. The van der Waals surface area contributed by atoms with Crippen molar-refractivity contribution < 1.29 is 8.42 Å². The van der Waals surface area contributed by atoms with Crippen molar-refractivity contribution in [1.29, 1.82) is 0 Å². The van der Waals surface area contributed by atoms with Crippen molar-refractivity contribution in [2.75, 3.05) is 0 Å². The zero-order valence-electron chi connectivity index (χ0n) is 13.7. The summed E-state index contributed by atoms with van der Waals surface area (Å²) < 4.78 is 26.4. The SMILES string of the molecule is CC(N)=NC(C1CCCc2ccccc21)S(=O)(=O)c1ccccc1. The van der Waals surface area contributed by atoms with Crippen LogP contribution in [0.3, 0.4) is 0 Å². The first kappa shape index (κ1) is 16.7. The maximum absolute atomic E-state index is 13.2. The summed E-state index contributed by atoms with van der Waals surface area (Å²) in [6.45, 7) is 1.64. The Kier molecular flexibility index (Phi) is 4.71. The van der Waals surface area contributed by atoms with E-state index >= 15 is 0 Å². The molecule has 0 fully saturated rings. The molecule has 3 rings (SSSR count). The summed E-state index contributed by atoms with van der Waals surface area (Å²) in [6, 6.07) is 16.6. The average Bonchev–Trinajstić information content (AvgIpc) is 2.60. The molecule has 2 atom stereocenters. The van der Waals surface area contributed by atoms with Crippen LogP contribution in [0.25, 0.3) is 0 Å². The predicted octanol–water partition coefficient (Wildman–Crippen LogP) is 3.28. The molecule has 2 aromatic carbocycles. The number of amidine groups is 1. The molecule has 0 spiro atoms. The van der Waals surface area contributed by atoms with E-state index in [1.807, 2.05) is 18.2 Å². The lowest BCUT2D eigenvalue weighted by Gasteiger charge is -2.30. The molecule has 0 saturated carbocycles. The quantitative estimate of drug-likeness (QED) is 0.684. The number of aryl methyl sites for hydroxylation is 1. The molecule has 24 heavy (non-hydrogen) atoms. The fourth-order valence-corrected chi connectivity index (χ4v) is 5.25. The van der Waals surface area contributed by atoms with Crippen LogP contribution in [-0.4, -0.2) is 19.6 Å². The monoisotopic (exact) mass is 342 g/mol. The van der Waals surface area contributed by atoms with E-state index in [0.717, 1.165) is 24.8 Å². The van der Waals surface area contributed by atoms with Crippen LogP contribution in [0.15, 0.2) is 64.5 Å². The van der Waals surface area contributed by atoms with E-state index in [1.54, 1.807) is 37.3 Å². The number of benzene rings is 2. The molecule has 1 aliphatic rings. The number of aliphatic imine (C=N–C) groups is 1. The van der Waals surface area contributed by atoms with Gasteiger partial charge in [-0.15, -0.1) is 0 Å². The second-order valence-electron chi connectivity index (χ2n) is 6.22. The van der Waals surface area contributed by atoms with E-state index in [2.05, 4.69) is 11.1 Å². The molecule has 126 valence electrons. The van der Waals surface area contributed by atoms with Crippen LogP contribution in [0.2, 0.25) is 0 Å². The Balaban J connectivity index is 2.11. The Bertz CT molecular complexity index is 841. The van der Waals surface area contributed by atoms with Crippen molar-refractivity contribution in [3.8, 4) is 0 Å². The smallest absolute Gasteiger partial charge is 0.201 e. The molecule has 0 amide bonds. The maximum Gasteiger partial charge on any atom is 0.201 e. The highest BCUT2D eigenvalue weighted by molar-refractivity contribution is 7.92. The van der Waals surface area contributed by atoms with Gasteiger partial charge in [0.1, 0.15) is 0 Å². The van der Waals surface area contributed by atoms with E-state index < -0.39 is 15.2 Å². The Morgan fingerprint density at radius 3 is 2.50 bits per heavy atom. The second-order valence-corrected chi connectivity index (χ2v) is 8.26. The van der Waals surface area contributed by atoms with Gasteiger partial charge in [-0.2, -0.15) is 0 Å². The van der Waals surface area contributed by atoms with E-state index in [4.69, 9.17) is 5.73 Å². The number of rotatable bonds is 4. The van der Waals surface area contributed by atoms with E-state index in [1.165, 1.54) is 5.56 Å². The van der Waals surface area contributed by atoms with Crippen molar-refractivity contribution in [3.05, 3.63) is 65.7 Å². The Hall–Kier alpha value is -2.14. The van der Waals surface area contributed by atoms with Gasteiger partial charge >= 0.3 is 0 Å². The standard InChI is InChI=1S/C19H22N2O2S/c1-14(20)21-19(24(22,23)16-10-3-2-4-11-16)18-13-7-9-15-8-5-6-12-17(15)18/h2-6,8,10-12,18-19H,7,9,13H2,1H3,(H2,20,21). The summed E-state index contributed by atoms with van der Waals surface area (Å²) in [6.07, 6.45) is 2.74. The number of fused-ring (bicyclic) bond motifs is 1. The van der Waals surface area contributed by atoms with E-state index in [0.29, 0.717) is 10.7 Å². The third-order valence-electron chi connectivity index (χ3n) is 4.48. The minimum atomic E-state index is -3.61. The molecule has 0 bridgehead atoms. The van der Waals surface area contributed by atoms with Gasteiger partial charge in [-0.1, -0.05) is 42.5 Å². The highest BCUT2D eigenvalue weighted by Gasteiger charge is 2.37.